The van der Waals surface area contributed by atoms with E-state index in [2.05, 4.69) is 13.8 Å². The summed E-state index contributed by atoms with van der Waals surface area (Å²) in [4.78, 5) is 23.7. The van der Waals surface area contributed by atoms with Gasteiger partial charge in [-0.05, 0) is 24.7 Å². The average molecular weight is 243 g/mol. The molecule has 0 spiro atoms. The number of hydrogen-bond donors (Lipinski definition) is 1. The first-order valence-electron chi connectivity index (χ1n) is 6.08. The fourth-order valence-corrected chi connectivity index (χ4v) is 2.13. The highest BCUT2D eigenvalue weighted by Gasteiger charge is 2.24. The van der Waals surface area contributed by atoms with Crippen molar-refractivity contribution in [1.29, 1.82) is 0 Å². The molecular formula is C12H21NO4. The van der Waals surface area contributed by atoms with Crippen molar-refractivity contribution in [1.82, 2.24) is 4.90 Å². The van der Waals surface area contributed by atoms with Crippen LogP contribution in [0.25, 0.3) is 0 Å². The first kappa shape index (κ1) is 14.0. The van der Waals surface area contributed by atoms with Crippen LogP contribution in [0.4, 0.5) is 0 Å². The highest BCUT2D eigenvalue weighted by Crippen LogP contribution is 2.24. The minimum Gasteiger partial charge on any atom is -0.480 e. The number of carboxylic acid groups (broad SMARTS) is 1. The minimum absolute atomic E-state index is 0.103. The van der Waals surface area contributed by atoms with Crippen LogP contribution in [0.1, 0.15) is 26.7 Å². The van der Waals surface area contributed by atoms with E-state index >= 15 is 0 Å². The van der Waals surface area contributed by atoms with Gasteiger partial charge in [0, 0.05) is 13.1 Å². The number of ether oxygens (including phenoxy) is 1. The zero-order valence-corrected chi connectivity index (χ0v) is 10.5. The van der Waals surface area contributed by atoms with Crippen LogP contribution in [0, 0.1) is 11.8 Å². The molecular weight excluding hydrogens is 222 g/mol. The van der Waals surface area contributed by atoms with E-state index in [-0.39, 0.29) is 12.5 Å². The number of amides is 1. The Morgan fingerprint density at radius 1 is 1.29 bits per heavy atom. The van der Waals surface area contributed by atoms with Crippen LogP contribution in [-0.2, 0) is 14.3 Å². The molecule has 5 heteroatoms. The molecule has 1 aliphatic rings. The molecule has 98 valence electrons. The van der Waals surface area contributed by atoms with Crippen molar-refractivity contribution < 1.29 is 19.4 Å². The molecule has 0 unspecified atom stereocenters. The summed E-state index contributed by atoms with van der Waals surface area (Å²) < 4.78 is 4.79. The first-order valence-corrected chi connectivity index (χ1v) is 6.08. The van der Waals surface area contributed by atoms with Gasteiger partial charge < -0.3 is 14.7 Å². The van der Waals surface area contributed by atoms with Crippen molar-refractivity contribution in [2.24, 2.45) is 11.8 Å². The van der Waals surface area contributed by atoms with Crippen molar-refractivity contribution in [3.05, 3.63) is 0 Å². The van der Waals surface area contributed by atoms with Crippen molar-refractivity contribution in [3.63, 3.8) is 0 Å². The quantitative estimate of drug-likeness (QED) is 0.781. The van der Waals surface area contributed by atoms with Gasteiger partial charge in [-0.3, -0.25) is 4.79 Å². The fourth-order valence-electron chi connectivity index (χ4n) is 2.13. The molecule has 17 heavy (non-hydrogen) atoms. The Balaban J connectivity index is 2.24. The summed E-state index contributed by atoms with van der Waals surface area (Å²) in [5.74, 6) is 0.208. The summed E-state index contributed by atoms with van der Waals surface area (Å²) in [5.41, 5.74) is 0. The van der Waals surface area contributed by atoms with Crippen LogP contribution < -0.4 is 0 Å². The summed E-state index contributed by atoms with van der Waals surface area (Å²) in [6, 6.07) is 0. The molecule has 1 rings (SSSR count). The monoisotopic (exact) mass is 243 g/mol. The third-order valence-electron chi connectivity index (χ3n) is 3.29. The van der Waals surface area contributed by atoms with E-state index in [9.17, 15) is 9.59 Å². The zero-order chi connectivity index (χ0) is 12.8. The molecule has 0 aromatic heterocycles. The Labute approximate surface area is 102 Å². The molecule has 0 radical (unpaired) electrons. The highest BCUT2D eigenvalue weighted by atomic mass is 16.5. The summed E-state index contributed by atoms with van der Waals surface area (Å²) in [6.45, 7) is 5.40. The molecule has 5 nitrogen and oxygen atoms in total. The maximum Gasteiger partial charge on any atom is 0.329 e. The maximum absolute atomic E-state index is 11.7. The third kappa shape index (κ3) is 4.73. The van der Waals surface area contributed by atoms with Crippen LogP contribution in [-0.4, -0.2) is 48.2 Å². The lowest BCUT2D eigenvalue weighted by Crippen LogP contribution is -2.41. The van der Waals surface area contributed by atoms with E-state index < -0.39 is 12.6 Å². The normalized spacial score (nSPS) is 17.5. The molecule has 0 saturated carbocycles. The van der Waals surface area contributed by atoms with Gasteiger partial charge in [-0.2, -0.15) is 0 Å². The first-order chi connectivity index (χ1) is 8.00. The van der Waals surface area contributed by atoms with Crippen LogP contribution in [0.15, 0.2) is 0 Å². The molecule has 0 aliphatic carbocycles. The zero-order valence-electron chi connectivity index (χ0n) is 10.5. The van der Waals surface area contributed by atoms with Crippen molar-refractivity contribution in [3.8, 4) is 0 Å². The van der Waals surface area contributed by atoms with Crippen molar-refractivity contribution >= 4 is 11.9 Å². The molecule has 0 bridgehead atoms. The second-order valence-electron chi connectivity index (χ2n) is 4.85. The molecule has 0 atom stereocenters. The SMILES string of the molecule is CC(C)C1CCN(C(=O)COCC(=O)O)CC1. The van der Waals surface area contributed by atoms with Gasteiger partial charge in [0.25, 0.3) is 0 Å². The van der Waals surface area contributed by atoms with Crippen LogP contribution in [0.5, 0.6) is 0 Å². The number of carboxylic acids is 1. The van der Waals surface area contributed by atoms with E-state index in [4.69, 9.17) is 9.84 Å². The van der Waals surface area contributed by atoms with Gasteiger partial charge in [0.15, 0.2) is 0 Å². The second-order valence-corrected chi connectivity index (χ2v) is 4.85. The van der Waals surface area contributed by atoms with Gasteiger partial charge in [-0.15, -0.1) is 0 Å². The summed E-state index contributed by atoms with van der Waals surface area (Å²) in [6.07, 6.45) is 2.06. The van der Waals surface area contributed by atoms with E-state index in [0.717, 1.165) is 25.9 Å². The topological polar surface area (TPSA) is 66.8 Å². The molecule has 0 aromatic rings. The number of aliphatic carboxylic acids is 1. The molecule has 1 amide bonds. The molecule has 0 aromatic carbocycles. The molecule has 1 aliphatic heterocycles. The molecule has 1 fully saturated rings. The lowest BCUT2D eigenvalue weighted by Gasteiger charge is -2.33. The summed E-state index contributed by atoms with van der Waals surface area (Å²) in [7, 11) is 0. The van der Waals surface area contributed by atoms with Gasteiger partial charge in [0.2, 0.25) is 5.91 Å². The largest absolute Gasteiger partial charge is 0.480 e. The Morgan fingerprint density at radius 3 is 2.35 bits per heavy atom. The van der Waals surface area contributed by atoms with Crippen LogP contribution in [0.2, 0.25) is 0 Å². The van der Waals surface area contributed by atoms with Gasteiger partial charge in [-0.1, -0.05) is 13.8 Å². The van der Waals surface area contributed by atoms with E-state index in [1.165, 1.54) is 0 Å². The Hall–Kier alpha value is -1.10. The molecule has 1 N–H and O–H groups in total. The number of nitrogens with zero attached hydrogens (tertiary/aromatic N) is 1. The number of carbonyl (C=O) groups is 2. The second kappa shape index (κ2) is 6.59. The molecule has 1 heterocycles. The Bertz CT molecular complexity index is 270. The van der Waals surface area contributed by atoms with Gasteiger partial charge >= 0.3 is 5.97 Å². The van der Waals surface area contributed by atoms with Gasteiger partial charge in [0.1, 0.15) is 13.2 Å². The summed E-state index contributed by atoms with van der Waals surface area (Å²) in [5, 5.41) is 8.38. The predicted octanol–water partition coefficient (Wildman–Crippen LogP) is 0.982. The Morgan fingerprint density at radius 2 is 1.88 bits per heavy atom. The lowest BCUT2D eigenvalue weighted by atomic mass is 9.87. The summed E-state index contributed by atoms with van der Waals surface area (Å²) >= 11 is 0. The predicted molar refractivity (Wildman–Crippen MR) is 62.6 cm³/mol. The van der Waals surface area contributed by atoms with Crippen molar-refractivity contribution in [2.75, 3.05) is 26.3 Å². The van der Waals surface area contributed by atoms with Crippen LogP contribution in [0.3, 0.4) is 0 Å². The maximum atomic E-state index is 11.7. The highest BCUT2D eigenvalue weighted by molar-refractivity contribution is 5.78. The van der Waals surface area contributed by atoms with Crippen molar-refractivity contribution in [2.45, 2.75) is 26.7 Å². The Kier molecular flexibility index (Phi) is 5.41. The smallest absolute Gasteiger partial charge is 0.329 e. The number of likely N-dealkylation sites (tertiary alicyclic amines) is 1. The van der Waals surface area contributed by atoms with Gasteiger partial charge in [0.05, 0.1) is 0 Å². The van der Waals surface area contributed by atoms with E-state index in [1.54, 1.807) is 4.90 Å². The fraction of sp³-hybridized carbons (Fsp3) is 0.833. The lowest BCUT2D eigenvalue weighted by molar-refractivity contribution is -0.146. The van der Waals surface area contributed by atoms with Gasteiger partial charge in [-0.25, -0.2) is 4.79 Å². The van der Waals surface area contributed by atoms with Crippen LogP contribution >= 0.6 is 0 Å². The minimum atomic E-state index is -1.05. The average Bonchev–Trinajstić information content (AvgIpc) is 2.28. The van der Waals surface area contributed by atoms with E-state index in [1.807, 2.05) is 0 Å². The number of hydrogen-bond acceptors (Lipinski definition) is 3. The third-order valence-corrected chi connectivity index (χ3v) is 3.29. The number of carbonyl (C=O) groups excluding carboxylic acids is 1. The number of rotatable bonds is 5. The standard InChI is InChI=1S/C12H21NO4/c1-9(2)10-3-5-13(6-4-10)11(14)7-17-8-12(15)16/h9-10H,3-8H2,1-2H3,(H,15,16). The molecule has 1 saturated heterocycles. The van der Waals surface area contributed by atoms with E-state index in [0.29, 0.717) is 11.8 Å². The number of piperidine rings is 1.